The monoisotopic (exact) mass is 233 g/mol. The van der Waals surface area contributed by atoms with E-state index in [4.69, 9.17) is 5.11 Å². The van der Waals surface area contributed by atoms with Crippen LogP contribution in [-0.2, 0) is 6.54 Å². The van der Waals surface area contributed by atoms with E-state index in [1.807, 2.05) is 26.1 Å². The molecule has 0 aliphatic rings. The third-order valence-corrected chi connectivity index (χ3v) is 2.57. The molecule has 3 nitrogen and oxygen atoms in total. The normalized spacial score (nSPS) is 10.5. The van der Waals surface area contributed by atoms with Crippen LogP contribution >= 0.6 is 0 Å². The molecule has 0 aliphatic carbocycles. The first-order valence-electron chi connectivity index (χ1n) is 5.64. The van der Waals surface area contributed by atoms with Gasteiger partial charge < -0.3 is 10.0 Å². The van der Waals surface area contributed by atoms with Crippen LogP contribution in [0.3, 0.4) is 0 Å². The molecule has 0 unspecified atom stereocenters. The quantitative estimate of drug-likeness (QED) is 0.768. The van der Waals surface area contributed by atoms with Gasteiger partial charge in [0.05, 0.1) is 5.56 Å². The van der Waals surface area contributed by atoms with Crippen LogP contribution < -0.4 is 0 Å². The van der Waals surface area contributed by atoms with Crippen molar-refractivity contribution in [1.82, 2.24) is 4.90 Å². The first kappa shape index (κ1) is 13.5. The largest absolute Gasteiger partial charge is 0.478 e. The topological polar surface area (TPSA) is 40.5 Å². The summed E-state index contributed by atoms with van der Waals surface area (Å²) in [5.41, 5.74) is 2.63. The number of rotatable bonds is 6. The highest BCUT2D eigenvalue weighted by atomic mass is 16.4. The molecule has 1 rings (SSSR count). The molecule has 92 valence electrons. The number of hydrogen-bond donors (Lipinski definition) is 1. The van der Waals surface area contributed by atoms with Crippen LogP contribution in [0.1, 0.15) is 29.3 Å². The van der Waals surface area contributed by atoms with E-state index in [1.165, 1.54) is 5.57 Å². The third kappa shape index (κ3) is 4.83. The molecule has 0 saturated carbocycles. The zero-order valence-corrected chi connectivity index (χ0v) is 10.4. The molecule has 0 spiro atoms. The lowest BCUT2D eigenvalue weighted by Crippen LogP contribution is -2.19. The van der Waals surface area contributed by atoms with Crippen LogP contribution in [0.5, 0.6) is 0 Å². The van der Waals surface area contributed by atoms with Gasteiger partial charge in [-0.2, -0.15) is 0 Å². The summed E-state index contributed by atoms with van der Waals surface area (Å²) in [5, 5.41) is 8.78. The highest BCUT2D eigenvalue weighted by Gasteiger charge is 2.03. The fourth-order valence-corrected chi connectivity index (χ4v) is 1.53. The van der Waals surface area contributed by atoms with E-state index >= 15 is 0 Å². The zero-order chi connectivity index (χ0) is 12.8. The summed E-state index contributed by atoms with van der Waals surface area (Å²) in [6, 6.07) is 7.01. The molecular formula is C14H19NO2. The van der Waals surface area contributed by atoms with Gasteiger partial charge in [-0.15, -0.1) is 6.58 Å². The van der Waals surface area contributed by atoms with E-state index in [2.05, 4.69) is 11.5 Å². The van der Waals surface area contributed by atoms with Gasteiger partial charge in [0.2, 0.25) is 0 Å². The van der Waals surface area contributed by atoms with Crippen LogP contribution in [0.4, 0.5) is 0 Å². The van der Waals surface area contributed by atoms with Gasteiger partial charge in [0, 0.05) is 13.1 Å². The first-order valence-corrected chi connectivity index (χ1v) is 5.64. The molecule has 17 heavy (non-hydrogen) atoms. The molecule has 0 aromatic heterocycles. The minimum atomic E-state index is -0.882. The van der Waals surface area contributed by atoms with Gasteiger partial charge in [0.15, 0.2) is 0 Å². The van der Waals surface area contributed by atoms with E-state index in [0.717, 1.165) is 25.1 Å². The number of benzene rings is 1. The van der Waals surface area contributed by atoms with Crippen LogP contribution in [0.25, 0.3) is 0 Å². The van der Waals surface area contributed by atoms with Gasteiger partial charge in [-0.25, -0.2) is 4.79 Å². The fraction of sp³-hybridized carbons (Fsp3) is 0.357. The maximum atomic E-state index is 10.7. The molecule has 1 aromatic rings. The molecule has 0 amide bonds. The van der Waals surface area contributed by atoms with Crippen LogP contribution in [0, 0.1) is 0 Å². The molecule has 0 aliphatic heterocycles. The summed E-state index contributed by atoms with van der Waals surface area (Å²) >= 11 is 0. The second-order valence-electron chi connectivity index (χ2n) is 4.45. The molecule has 0 radical (unpaired) electrons. The van der Waals surface area contributed by atoms with E-state index in [0.29, 0.717) is 5.56 Å². The van der Waals surface area contributed by atoms with Crippen molar-refractivity contribution in [2.45, 2.75) is 19.9 Å². The Morgan fingerprint density at radius 2 is 1.94 bits per heavy atom. The highest BCUT2D eigenvalue weighted by Crippen LogP contribution is 2.08. The Balaban J connectivity index is 2.51. The van der Waals surface area contributed by atoms with Gasteiger partial charge in [0.25, 0.3) is 0 Å². The predicted molar refractivity (Wildman–Crippen MR) is 69.2 cm³/mol. The molecule has 0 bridgehead atoms. The van der Waals surface area contributed by atoms with Crippen LogP contribution in [0.2, 0.25) is 0 Å². The predicted octanol–water partition coefficient (Wildman–Crippen LogP) is 2.78. The molecule has 0 atom stereocenters. The van der Waals surface area contributed by atoms with E-state index in [-0.39, 0.29) is 0 Å². The summed E-state index contributed by atoms with van der Waals surface area (Å²) in [4.78, 5) is 12.9. The summed E-state index contributed by atoms with van der Waals surface area (Å²) in [5.74, 6) is -0.882. The molecule has 0 heterocycles. The Morgan fingerprint density at radius 3 is 2.41 bits per heavy atom. The van der Waals surface area contributed by atoms with Crippen molar-refractivity contribution >= 4 is 5.97 Å². The number of carboxylic acid groups (broad SMARTS) is 1. The molecule has 1 aromatic carbocycles. The van der Waals surface area contributed by atoms with Crippen molar-refractivity contribution in [1.29, 1.82) is 0 Å². The average molecular weight is 233 g/mol. The van der Waals surface area contributed by atoms with Crippen molar-refractivity contribution < 1.29 is 9.90 Å². The summed E-state index contributed by atoms with van der Waals surface area (Å²) in [7, 11) is 2.05. The van der Waals surface area contributed by atoms with Crippen molar-refractivity contribution in [3.05, 3.63) is 47.5 Å². The Kier molecular flexibility index (Phi) is 4.91. The lowest BCUT2D eigenvalue weighted by atomic mass is 10.1. The van der Waals surface area contributed by atoms with Crippen LogP contribution in [0.15, 0.2) is 36.4 Å². The number of carbonyl (C=O) groups is 1. The molecule has 3 heteroatoms. The number of aromatic carboxylic acids is 1. The van der Waals surface area contributed by atoms with Gasteiger partial charge in [-0.1, -0.05) is 17.7 Å². The van der Waals surface area contributed by atoms with Gasteiger partial charge in [0.1, 0.15) is 0 Å². The van der Waals surface area contributed by atoms with E-state index in [1.54, 1.807) is 12.1 Å². The Labute approximate surface area is 102 Å². The van der Waals surface area contributed by atoms with E-state index < -0.39 is 5.97 Å². The SMILES string of the molecule is C=C(C)CCN(C)Cc1ccc(C(=O)O)cc1. The second-order valence-corrected chi connectivity index (χ2v) is 4.45. The smallest absolute Gasteiger partial charge is 0.335 e. The minimum absolute atomic E-state index is 0.332. The zero-order valence-electron chi connectivity index (χ0n) is 10.4. The number of carboxylic acids is 1. The third-order valence-electron chi connectivity index (χ3n) is 2.57. The van der Waals surface area contributed by atoms with E-state index in [9.17, 15) is 4.79 Å². The maximum Gasteiger partial charge on any atom is 0.335 e. The van der Waals surface area contributed by atoms with Gasteiger partial charge >= 0.3 is 5.97 Å². The first-order chi connectivity index (χ1) is 7.99. The number of hydrogen-bond acceptors (Lipinski definition) is 2. The van der Waals surface area contributed by atoms with Crippen LogP contribution in [-0.4, -0.2) is 29.6 Å². The Morgan fingerprint density at radius 1 is 1.35 bits per heavy atom. The Bertz CT molecular complexity index is 395. The summed E-state index contributed by atoms with van der Waals surface area (Å²) in [6.07, 6.45) is 0.990. The number of nitrogens with zero attached hydrogens (tertiary/aromatic N) is 1. The average Bonchev–Trinajstić information content (AvgIpc) is 2.27. The lowest BCUT2D eigenvalue weighted by Gasteiger charge is -2.16. The fourth-order valence-electron chi connectivity index (χ4n) is 1.53. The molecule has 0 fully saturated rings. The molecule has 0 saturated heterocycles. The minimum Gasteiger partial charge on any atom is -0.478 e. The second kappa shape index (κ2) is 6.21. The summed E-state index contributed by atoms with van der Waals surface area (Å²) in [6.45, 7) is 7.69. The highest BCUT2D eigenvalue weighted by molar-refractivity contribution is 5.87. The van der Waals surface area contributed by atoms with Crippen molar-refractivity contribution in [2.24, 2.45) is 0 Å². The van der Waals surface area contributed by atoms with Gasteiger partial charge in [-0.3, -0.25) is 0 Å². The van der Waals surface area contributed by atoms with Crippen molar-refractivity contribution in [2.75, 3.05) is 13.6 Å². The Hall–Kier alpha value is -1.61. The summed E-state index contributed by atoms with van der Waals surface area (Å²) < 4.78 is 0. The lowest BCUT2D eigenvalue weighted by molar-refractivity contribution is 0.0697. The van der Waals surface area contributed by atoms with Crippen molar-refractivity contribution in [3.8, 4) is 0 Å². The maximum absolute atomic E-state index is 10.7. The molecular weight excluding hydrogens is 214 g/mol. The van der Waals surface area contributed by atoms with Crippen molar-refractivity contribution in [3.63, 3.8) is 0 Å². The molecule has 1 N–H and O–H groups in total. The standard InChI is InChI=1S/C14H19NO2/c1-11(2)8-9-15(3)10-12-4-6-13(7-5-12)14(16)17/h4-7H,1,8-10H2,2-3H3,(H,16,17). The van der Waals surface area contributed by atoms with Gasteiger partial charge in [-0.05, 0) is 38.1 Å².